The van der Waals surface area contributed by atoms with Gasteiger partial charge in [-0.05, 0) is 29.8 Å². The lowest BCUT2D eigenvalue weighted by molar-refractivity contribution is -0.124. The molecule has 1 aliphatic carbocycles. The molecule has 1 saturated carbocycles. The summed E-state index contributed by atoms with van der Waals surface area (Å²) in [5, 5.41) is 16.0. The molecule has 0 amide bonds. The molecule has 1 fully saturated rings. The van der Waals surface area contributed by atoms with Crippen LogP contribution in [0.15, 0.2) is 5.38 Å². The van der Waals surface area contributed by atoms with Crippen LogP contribution in [0.3, 0.4) is 0 Å². The average molecular weight is 198 g/mol. The molecule has 0 spiro atoms. The number of nitrogens with zero attached hydrogens (tertiary/aromatic N) is 2. The van der Waals surface area contributed by atoms with Gasteiger partial charge in [-0.1, -0.05) is 18.3 Å². The molecule has 1 aromatic heterocycles. The van der Waals surface area contributed by atoms with Crippen LogP contribution >= 0.6 is 11.5 Å². The first-order valence-corrected chi connectivity index (χ1v) is 5.44. The molecule has 3 atom stereocenters. The number of aliphatic hydroxyl groups is 1. The van der Waals surface area contributed by atoms with Gasteiger partial charge < -0.3 is 5.11 Å². The molecule has 1 aliphatic rings. The van der Waals surface area contributed by atoms with E-state index >= 15 is 0 Å². The Morgan fingerprint density at radius 1 is 1.69 bits per heavy atom. The van der Waals surface area contributed by atoms with Crippen molar-refractivity contribution in [1.29, 1.82) is 0 Å². The van der Waals surface area contributed by atoms with Crippen LogP contribution in [0.2, 0.25) is 0 Å². The average Bonchev–Trinajstić information content (AvgIpc) is 2.56. The molecule has 2 rings (SSSR count). The first kappa shape index (κ1) is 9.09. The minimum atomic E-state index is -0.519. The maximum atomic E-state index is 10.2. The van der Waals surface area contributed by atoms with Gasteiger partial charge in [-0.15, -0.1) is 5.10 Å². The third kappa shape index (κ3) is 1.48. The Labute approximate surface area is 82.0 Å². The highest BCUT2D eigenvalue weighted by molar-refractivity contribution is 7.03. The van der Waals surface area contributed by atoms with Crippen molar-refractivity contribution in [1.82, 2.24) is 9.59 Å². The van der Waals surface area contributed by atoms with Crippen molar-refractivity contribution in [3.8, 4) is 0 Å². The van der Waals surface area contributed by atoms with E-state index in [-0.39, 0.29) is 0 Å². The molecule has 0 aliphatic heterocycles. The third-order valence-electron chi connectivity index (χ3n) is 3.27. The van der Waals surface area contributed by atoms with Crippen molar-refractivity contribution in [2.24, 2.45) is 11.8 Å². The van der Waals surface area contributed by atoms with Crippen molar-refractivity contribution in [2.75, 3.05) is 0 Å². The first-order valence-electron chi connectivity index (χ1n) is 4.60. The van der Waals surface area contributed by atoms with Crippen molar-refractivity contribution in [2.45, 2.75) is 32.3 Å². The Morgan fingerprint density at radius 2 is 2.46 bits per heavy atom. The number of aromatic nitrogens is 2. The van der Waals surface area contributed by atoms with E-state index in [2.05, 4.69) is 23.4 Å². The summed E-state index contributed by atoms with van der Waals surface area (Å²) in [7, 11) is 0. The lowest BCUT2D eigenvalue weighted by Crippen LogP contribution is -2.53. The summed E-state index contributed by atoms with van der Waals surface area (Å²) in [6.45, 7) is 4.28. The third-order valence-corrected chi connectivity index (χ3v) is 3.82. The minimum absolute atomic E-state index is 0.384. The summed E-state index contributed by atoms with van der Waals surface area (Å²) in [4.78, 5) is 0. The van der Waals surface area contributed by atoms with Crippen LogP contribution in [0.4, 0.5) is 0 Å². The van der Waals surface area contributed by atoms with Crippen molar-refractivity contribution in [3.05, 3.63) is 11.1 Å². The van der Waals surface area contributed by atoms with Gasteiger partial charge in [0, 0.05) is 11.8 Å². The van der Waals surface area contributed by atoms with Crippen molar-refractivity contribution < 1.29 is 5.11 Å². The van der Waals surface area contributed by atoms with Crippen LogP contribution in [0.5, 0.6) is 0 Å². The lowest BCUT2D eigenvalue weighted by Gasteiger charge is -2.48. The summed E-state index contributed by atoms with van der Waals surface area (Å²) in [5.74, 6) is 1.02. The summed E-state index contributed by atoms with van der Waals surface area (Å²) in [6, 6.07) is 0. The van der Waals surface area contributed by atoms with E-state index in [9.17, 15) is 5.11 Å². The van der Waals surface area contributed by atoms with Crippen LogP contribution in [0.25, 0.3) is 0 Å². The molecule has 13 heavy (non-hydrogen) atoms. The van der Waals surface area contributed by atoms with Crippen LogP contribution < -0.4 is 0 Å². The Balaban J connectivity index is 2.03. The van der Waals surface area contributed by atoms with Crippen LogP contribution in [-0.4, -0.2) is 20.3 Å². The van der Waals surface area contributed by atoms with Gasteiger partial charge in [-0.3, -0.25) is 0 Å². The standard InChI is InChI=1S/C9H14N2OS/c1-6-3-9(12,7(6)2)4-8-5-13-11-10-8/h5-7,12H,3-4H2,1-2H3. The molecule has 4 heteroatoms. The molecule has 72 valence electrons. The van der Waals surface area contributed by atoms with Gasteiger partial charge in [-0.25, -0.2) is 0 Å². The Morgan fingerprint density at radius 3 is 2.92 bits per heavy atom. The minimum Gasteiger partial charge on any atom is -0.389 e. The zero-order valence-corrected chi connectivity index (χ0v) is 8.71. The smallest absolute Gasteiger partial charge is 0.0784 e. The van der Waals surface area contributed by atoms with E-state index in [0.29, 0.717) is 18.3 Å². The predicted molar refractivity (Wildman–Crippen MR) is 51.5 cm³/mol. The maximum Gasteiger partial charge on any atom is 0.0784 e. The number of rotatable bonds is 2. The molecule has 1 aromatic rings. The topological polar surface area (TPSA) is 46.0 Å². The van der Waals surface area contributed by atoms with Gasteiger partial charge in [0.05, 0.1) is 11.3 Å². The fourth-order valence-corrected chi connectivity index (χ4v) is 2.55. The van der Waals surface area contributed by atoms with E-state index in [1.807, 2.05) is 5.38 Å². The second kappa shape index (κ2) is 3.03. The zero-order chi connectivity index (χ0) is 9.47. The van der Waals surface area contributed by atoms with E-state index in [4.69, 9.17) is 0 Å². The molecular weight excluding hydrogens is 184 g/mol. The van der Waals surface area contributed by atoms with Gasteiger partial charge >= 0.3 is 0 Å². The van der Waals surface area contributed by atoms with E-state index < -0.39 is 5.60 Å². The van der Waals surface area contributed by atoms with Crippen LogP contribution in [-0.2, 0) is 6.42 Å². The van der Waals surface area contributed by atoms with Gasteiger partial charge in [-0.2, -0.15) is 0 Å². The Hall–Kier alpha value is -0.480. The van der Waals surface area contributed by atoms with E-state index in [1.54, 1.807) is 0 Å². The van der Waals surface area contributed by atoms with Gasteiger partial charge in [0.25, 0.3) is 0 Å². The molecule has 1 N–H and O–H groups in total. The quantitative estimate of drug-likeness (QED) is 0.783. The molecule has 3 unspecified atom stereocenters. The van der Waals surface area contributed by atoms with Crippen LogP contribution in [0.1, 0.15) is 26.0 Å². The number of hydrogen-bond donors (Lipinski definition) is 1. The molecule has 1 heterocycles. The van der Waals surface area contributed by atoms with Gasteiger partial charge in [0.15, 0.2) is 0 Å². The molecule has 3 nitrogen and oxygen atoms in total. The van der Waals surface area contributed by atoms with Crippen molar-refractivity contribution in [3.63, 3.8) is 0 Å². The largest absolute Gasteiger partial charge is 0.389 e. The summed E-state index contributed by atoms with van der Waals surface area (Å²) in [5.41, 5.74) is 0.404. The molecular formula is C9H14N2OS. The molecule has 0 saturated heterocycles. The van der Waals surface area contributed by atoms with Crippen LogP contribution in [0, 0.1) is 11.8 Å². The monoisotopic (exact) mass is 198 g/mol. The van der Waals surface area contributed by atoms with E-state index in [1.165, 1.54) is 11.5 Å². The lowest BCUT2D eigenvalue weighted by atomic mass is 9.61. The Bertz CT molecular complexity index is 288. The van der Waals surface area contributed by atoms with Crippen molar-refractivity contribution >= 4 is 11.5 Å². The maximum absolute atomic E-state index is 10.2. The highest BCUT2D eigenvalue weighted by Gasteiger charge is 2.47. The fraction of sp³-hybridized carbons (Fsp3) is 0.778. The second-order valence-corrected chi connectivity index (χ2v) is 4.76. The normalized spacial score (nSPS) is 38.7. The predicted octanol–water partition coefficient (Wildman–Crippen LogP) is 1.49. The number of hydrogen-bond acceptors (Lipinski definition) is 4. The molecule has 0 aromatic carbocycles. The first-order chi connectivity index (χ1) is 6.12. The highest BCUT2D eigenvalue weighted by atomic mass is 32.1. The van der Waals surface area contributed by atoms with Gasteiger partial charge in [0.1, 0.15) is 0 Å². The fourth-order valence-electron chi connectivity index (χ4n) is 2.10. The molecule has 0 bridgehead atoms. The second-order valence-electron chi connectivity index (χ2n) is 4.15. The highest BCUT2D eigenvalue weighted by Crippen LogP contribution is 2.45. The Kier molecular flexibility index (Phi) is 2.12. The zero-order valence-electron chi connectivity index (χ0n) is 7.90. The summed E-state index contributed by atoms with van der Waals surface area (Å²) >= 11 is 1.34. The summed E-state index contributed by atoms with van der Waals surface area (Å²) in [6.07, 6.45) is 1.56. The van der Waals surface area contributed by atoms with E-state index in [0.717, 1.165) is 12.1 Å². The van der Waals surface area contributed by atoms with Gasteiger partial charge in [0.2, 0.25) is 0 Å². The SMILES string of the molecule is CC1CC(O)(Cc2csnn2)C1C. The summed E-state index contributed by atoms with van der Waals surface area (Å²) < 4.78 is 3.79. The molecule has 0 radical (unpaired) electrons.